The molecule has 1 N–H and O–H groups in total. The van der Waals surface area contributed by atoms with Gasteiger partial charge in [0.1, 0.15) is 12.4 Å². The van der Waals surface area contributed by atoms with Gasteiger partial charge in [0, 0.05) is 13.2 Å². The van der Waals surface area contributed by atoms with E-state index < -0.39 is 0 Å². The number of hydrogen-bond donors (Lipinski definition) is 1. The number of rotatable bonds is 10. The number of nitrogens with one attached hydrogen (secondary N) is 1. The molecule has 0 atom stereocenters. The van der Waals surface area contributed by atoms with Crippen molar-refractivity contribution in [2.45, 2.75) is 53.1 Å². The van der Waals surface area contributed by atoms with Crippen molar-refractivity contribution in [3.05, 3.63) is 29.3 Å². The minimum Gasteiger partial charge on any atom is -0.492 e. The molecule has 0 aliphatic carbocycles. The fourth-order valence-electron chi connectivity index (χ4n) is 2.01. The van der Waals surface area contributed by atoms with Crippen molar-refractivity contribution < 1.29 is 9.47 Å². The van der Waals surface area contributed by atoms with E-state index in [2.05, 4.69) is 58.1 Å². The topological polar surface area (TPSA) is 30.5 Å². The fraction of sp³-hybridized carbons (Fsp3) is 0.667. The van der Waals surface area contributed by atoms with Crippen LogP contribution in [0.1, 0.15) is 51.2 Å². The summed E-state index contributed by atoms with van der Waals surface area (Å²) in [7, 11) is 0. The van der Waals surface area contributed by atoms with E-state index in [1.54, 1.807) is 0 Å². The number of benzene rings is 1. The Morgan fingerprint density at radius 1 is 1.05 bits per heavy atom. The molecular formula is C18H31NO2. The second-order valence-electron chi connectivity index (χ2n) is 6.05. The Bertz CT molecular complexity index is 402. The predicted octanol–water partition coefficient (Wildman–Crippen LogP) is 3.90. The minimum atomic E-state index is 0.324. The van der Waals surface area contributed by atoms with Crippen LogP contribution < -0.4 is 10.1 Å². The minimum absolute atomic E-state index is 0.324. The van der Waals surface area contributed by atoms with Crippen LogP contribution in [0.3, 0.4) is 0 Å². The smallest absolute Gasteiger partial charge is 0.122 e. The van der Waals surface area contributed by atoms with Gasteiger partial charge in [-0.15, -0.1) is 0 Å². The van der Waals surface area contributed by atoms with Gasteiger partial charge in [-0.05, 0) is 56.8 Å². The average Bonchev–Trinajstić information content (AvgIpc) is 2.43. The molecule has 3 nitrogen and oxygen atoms in total. The van der Waals surface area contributed by atoms with Crippen molar-refractivity contribution in [3.63, 3.8) is 0 Å². The number of ether oxygens (including phenoxy) is 2. The standard InChI is InChI=1S/C18H31NO2/c1-14(2)17-8-7-16(5)18(13-17)21-12-10-19-9-6-11-20-15(3)4/h7-8,13-15,19H,6,9-12H2,1-5H3. The second-order valence-corrected chi connectivity index (χ2v) is 6.05. The van der Waals surface area contributed by atoms with Gasteiger partial charge >= 0.3 is 0 Å². The molecule has 0 heterocycles. The molecule has 0 amide bonds. The Hall–Kier alpha value is -1.06. The van der Waals surface area contributed by atoms with Gasteiger partial charge in [-0.1, -0.05) is 26.0 Å². The van der Waals surface area contributed by atoms with Crippen LogP contribution in [-0.4, -0.2) is 32.4 Å². The van der Waals surface area contributed by atoms with E-state index in [1.165, 1.54) is 11.1 Å². The van der Waals surface area contributed by atoms with Gasteiger partial charge in [0.25, 0.3) is 0 Å². The lowest BCUT2D eigenvalue weighted by atomic mass is 10.0. The number of hydrogen-bond acceptors (Lipinski definition) is 3. The molecule has 1 aromatic rings. The van der Waals surface area contributed by atoms with Crippen molar-refractivity contribution in [1.29, 1.82) is 0 Å². The Balaban J connectivity index is 2.19. The van der Waals surface area contributed by atoms with E-state index in [9.17, 15) is 0 Å². The van der Waals surface area contributed by atoms with Crippen LogP contribution in [0.5, 0.6) is 5.75 Å². The first kappa shape index (κ1) is 18.0. The summed E-state index contributed by atoms with van der Waals surface area (Å²) in [6.07, 6.45) is 1.37. The third-order valence-corrected chi connectivity index (χ3v) is 3.36. The summed E-state index contributed by atoms with van der Waals surface area (Å²) in [5, 5.41) is 3.38. The lowest BCUT2D eigenvalue weighted by Gasteiger charge is -2.13. The maximum atomic E-state index is 5.88. The average molecular weight is 293 g/mol. The van der Waals surface area contributed by atoms with E-state index in [4.69, 9.17) is 9.47 Å². The Morgan fingerprint density at radius 3 is 2.48 bits per heavy atom. The van der Waals surface area contributed by atoms with Gasteiger partial charge in [0.15, 0.2) is 0 Å². The highest BCUT2D eigenvalue weighted by Crippen LogP contribution is 2.24. The van der Waals surface area contributed by atoms with Gasteiger partial charge < -0.3 is 14.8 Å². The molecule has 0 radical (unpaired) electrons. The lowest BCUT2D eigenvalue weighted by Crippen LogP contribution is -2.23. The third-order valence-electron chi connectivity index (χ3n) is 3.36. The summed E-state index contributed by atoms with van der Waals surface area (Å²) in [6, 6.07) is 6.48. The normalized spacial score (nSPS) is 11.4. The molecule has 0 aliphatic rings. The maximum Gasteiger partial charge on any atom is 0.122 e. The summed E-state index contributed by atoms with van der Waals surface area (Å²) >= 11 is 0. The molecule has 0 fully saturated rings. The van der Waals surface area contributed by atoms with Gasteiger partial charge in [0.2, 0.25) is 0 Å². The zero-order chi connectivity index (χ0) is 15.7. The van der Waals surface area contributed by atoms with Crippen LogP contribution in [0.2, 0.25) is 0 Å². The highest BCUT2D eigenvalue weighted by molar-refractivity contribution is 5.37. The molecule has 120 valence electrons. The van der Waals surface area contributed by atoms with Gasteiger partial charge in [0.05, 0.1) is 6.10 Å². The predicted molar refractivity (Wildman–Crippen MR) is 89.3 cm³/mol. The number of aryl methyl sites for hydroxylation is 1. The summed E-state index contributed by atoms with van der Waals surface area (Å²) in [4.78, 5) is 0. The van der Waals surface area contributed by atoms with Crippen molar-refractivity contribution >= 4 is 0 Å². The van der Waals surface area contributed by atoms with E-state index in [0.717, 1.165) is 31.9 Å². The molecule has 21 heavy (non-hydrogen) atoms. The third kappa shape index (κ3) is 7.49. The lowest BCUT2D eigenvalue weighted by molar-refractivity contribution is 0.0770. The molecule has 0 spiro atoms. The Labute approximate surface area is 130 Å². The molecule has 0 saturated carbocycles. The van der Waals surface area contributed by atoms with Gasteiger partial charge in [-0.2, -0.15) is 0 Å². The van der Waals surface area contributed by atoms with Crippen molar-refractivity contribution in [2.75, 3.05) is 26.3 Å². The first-order chi connectivity index (χ1) is 10.0. The first-order valence-electron chi connectivity index (χ1n) is 8.06. The highest BCUT2D eigenvalue weighted by atomic mass is 16.5. The van der Waals surface area contributed by atoms with Crippen molar-refractivity contribution in [1.82, 2.24) is 5.32 Å². The van der Waals surface area contributed by atoms with Crippen LogP contribution in [0.15, 0.2) is 18.2 Å². The van der Waals surface area contributed by atoms with Crippen LogP contribution in [0.25, 0.3) is 0 Å². The maximum absolute atomic E-state index is 5.88. The van der Waals surface area contributed by atoms with Crippen LogP contribution in [-0.2, 0) is 4.74 Å². The quantitative estimate of drug-likeness (QED) is 0.664. The molecule has 0 aliphatic heterocycles. The van der Waals surface area contributed by atoms with E-state index in [0.29, 0.717) is 18.6 Å². The largest absolute Gasteiger partial charge is 0.492 e. The molecule has 0 saturated heterocycles. The fourth-order valence-corrected chi connectivity index (χ4v) is 2.01. The Kier molecular flexibility index (Phi) is 8.40. The zero-order valence-electron chi connectivity index (χ0n) is 14.2. The molecule has 0 aromatic heterocycles. The van der Waals surface area contributed by atoms with Crippen molar-refractivity contribution in [3.8, 4) is 5.75 Å². The van der Waals surface area contributed by atoms with Gasteiger partial charge in [-0.3, -0.25) is 0 Å². The van der Waals surface area contributed by atoms with E-state index in [-0.39, 0.29) is 0 Å². The Morgan fingerprint density at radius 2 is 1.81 bits per heavy atom. The van der Waals surface area contributed by atoms with Gasteiger partial charge in [-0.25, -0.2) is 0 Å². The molecule has 0 unspecified atom stereocenters. The molecular weight excluding hydrogens is 262 g/mol. The zero-order valence-corrected chi connectivity index (χ0v) is 14.2. The molecule has 0 bridgehead atoms. The molecule has 1 aromatic carbocycles. The molecule has 3 heteroatoms. The second kappa shape index (κ2) is 9.80. The van der Waals surface area contributed by atoms with Crippen LogP contribution in [0, 0.1) is 6.92 Å². The summed E-state index contributed by atoms with van der Waals surface area (Å²) in [5.41, 5.74) is 2.53. The highest BCUT2D eigenvalue weighted by Gasteiger charge is 2.04. The van der Waals surface area contributed by atoms with E-state index >= 15 is 0 Å². The monoisotopic (exact) mass is 293 g/mol. The van der Waals surface area contributed by atoms with E-state index in [1.807, 2.05) is 0 Å². The van der Waals surface area contributed by atoms with Crippen molar-refractivity contribution in [2.24, 2.45) is 0 Å². The molecule has 1 rings (SSSR count). The first-order valence-corrected chi connectivity index (χ1v) is 8.06. The summed E-state index contributed by atoms with van der Waals surface area (Å²) in [6.45, 7) is 14.0. The summed E-state index contributed by atoms with van der Waals surface area (Å²) in [5.74, 6) is 1.54. The van der Waals surface area contributed by atoms with Crippen LogP contribution in [0.4, 0.5) is 0 Å². The van der Waals surface area contributed by atoms with Crippen LogP contribution >= 0.6 is 0 Å². The SMILES string of the molecule is Cc1ccc(C(C)C)cc1OCCNCCCOC(C)C. The summed E-state index contributed by atoms with van der Waals surface area (Å²) < 4.78 is 11.4.